The quantitative estimate of drug-likeness (QED) is 0.901. The number of methoxy groups -OCH3 is 1. The number of para-hydroxylation sites is 2. The van der Waals surface area contributed by atoms with Crippen molar-refractivity contribution in [3.05, 3.63) is 24.3 Å². The standard InChI is InChI=1S/C18H29N3O2/c1-18(2,3)17(22)19-9-10-20-11-13-21(14-12-20)15-7-5-6-8-16(15)23-4/h5-8H,9-14H2,1-4H3,(H,19,22). The lowest BCUT2D eigenvalue weighted by Crippen LogP contribution is -2.49. The molecule has 1 aliphatic heterocycles. The summed E-state index contributed by atoms with van der Waals surface area (Å²) in [5.74, 6) is 1.04. The minimum Gasteiger partial charge on any atom is -0.495 e. The third-order valence-electron chi connectivity index (χ3n) is 4.19. The van der Waals surface area contributed by atoms with Crippen LogP contribution in [-0.4, -0.2) is 57.2 Å². The van der Waals surface area contributed by atoms with Crippen LogP contribution in [0.1, 0.15) is 20.8 Å². The molecule has 1 N–H and O–H groups in total. The van der Waals surface area contributed by atoms with Crippen LogP contribution in [0, 0.1) is 5.41 Å². The Morgan fingerprint density at radius 2 is 1.83 bits per heavy atom. The van der Waals surface area contributed by atoms with Crippen molar-refractivity contribution in [1.29, 1.82) is 0 Å². The van der Waals surface area contributed by atoms with E-state index in [0.717, 1.165) is 44.2 Å². The summed E-state index contributed by atoms with van der Waals surface area (Å²) in [6, 6.07) is 8.16. The SMILES string of the molecule is COc1ccccc1N1CCN(CCNC(=O)C(C)(C)C)CC1. The molecule has 0 radical (unpaired) electrons. The van der Waals surface area contributed by atoms with Crippen molar-refractivity contribution in [3.63, 3.8) is 0 Å². The number of piperazine rings is 1. The van der Waals surface area contributed by atoms with Crippen molar-refractivity contribution >= 4 is 11.6 Å². The van der Waals surface area contributed by atoms with Gasteiger partial charge in [-0.2, -0.15) is 0 Å². The van der Waals surface area contributed by atoms with Gasteiger partial charge in [-0.25, -0.2) is 0 Å². The second-order valence-electron chi connectivity index (χ2n) is 7.01. The Morgan fingerprint density at radius 1 is 1.17 bits per heavy atom. The average molecular weight is 319 g/mol. The number of carbonyl (C=O) groups is 1. The lowest BCUT2D eigenvalue weighted by Gasteiger charge is -2.36. The Morgan fingerprint density at radius 3 is 2.43 bits per heavy atom. The molecule has 23 heavy (non-hydrogen) atoms. The number of carbonyl (C=O) groups excluding carboxylic acids is 1. The van der Waals surface area contributed by atoms with Gasteiger partial charge in [0.05, 0.1) is 12.8 Å². The van der Waals surface area contributed by atoms with Gasteiger partial charge in [0, 0.05) is 44.7 Å². The maximum Gasteiger partial charge on any atom is 0.225 e. The zero-order chi connectivity index (χ0) is 16.9. The van der Waals surface area contributed by atoms with Crippen LogP contribution in [0.4, 0.5) is 5.69 Å². The second kappa shape index (κ2) is 7.68. The molecular formula is C18H29N3O2. The highest BCUT2D eigenvalue weighted by molar-refractivity contribution is 5.81. The number of hydrogen-bond acceptors (Lipinski definition) is 4. The molecule has 128 valence electrons. The van der Waals surface area contributed by atoms with Crippen LogP contribution in [-0.2, 0) is 4.79 Å². The van der Waals surface area contributed by atoms with Crippen LogP contribution < -0.4 is 15.0 Å². The smallest absolute Gasteiger partial charge is 0.225 e. The van der Waals surface area contributed by atoms with E-state index in [0.29, 0.717) is 6.54 Å². The van der Waals surface area contributed by atoms with Crippen molar-refractivity contribution in [1.82, 2.24) is 10.2 Å². The average Bonchev–Trinajstić information content (AvgIpc) is 2.54. The highest BCUT2D eigenvalue weighted by atomic mass is 16.5. The molecule has 1 aliphatic rings. The predicted molar refractivity (Wildman–Crippen MR) is 94.1 cm³/mol. The zero-order valence-electron chi connectivity index (χ0n) is 14.8. The number of rotatable bonds is 5. The molecular weight excluding hydrogens is 290 g/mol. The molecule has 0 aliphatic carbocycles. The van der Waals surface area contributed by atoms with Gasteiger partial charge >= 0.3 is 0 Å². The highest BCUT2D eigenvalue weighted by Crippen LogP contribution is 2.28. The predicted octanol–water partition coefficient (Wildman–Crippen LogP) is 1.98. The number of amides is 1. The molecule has 2 rings (SSSR count). The molecule has 1 aromatic rings. The van der Waals surface area contributed by atoms with Crippen molar-refractivity contribution in [3.8, 4) is 5.75 Å². The fourth-order valence-electron chi connectivity index (χ4n) is 2.70. The molecule has 1 aromatic carbocycles. The van der Waals surface area contributed by atoms with E-state index in [4.69, 9.17) is 4.74 Å². The second-order valence-corrected chi connectivity index (χ2v) is 7.01. The monoisotopic (exact) mass is 319 g/mol. The molecule has 0 saturated carbocycles. The van der Waals surface area contributed by atoms with Crippen LogP contribution >= 0.6 is 0 Å². The molecule has 5 nitrogen and oxygen atoms in total. The molecule has 0 spiro atoms. The zero-order valence-corrected chi connectivity index (χ0v) is 14.8. The van der Waals surface area contributed by atoms with E-state index >= 15 is 0 Å². The minimum atomic E-state index is -0.317. The molecule has 0 unspecified atom stereocenters. The van der Waals surface area contributed by atoms with Crippen molar-refractivity contribution in [2.24, 2.45) is 5.41 Å². The van der Waals surface area contributed by atoms with Crippen LogP contribution in [0.5, 0.6) is 5.75 Å². The first-order chi connectivity index (χ1) is 10.9. The van der Waals surface area contributed by atoms with Gasteiger partial charge in [0.2, 0.25) is 5.91 Å². The first-order valence-corrected chi connectivity index (χ1v) is 8.30. The Labute approximate surface area is 139 Å². The normalized spacial score (nSPS) is 16.3. The fourth-order valence-corrected chi connectivity index (χ4v) is 2.70. The Hall–Kier alpha value is -1.75. The molecule has 1 amide bonds. The molecule has 0 aromatic heterocycles. The maximum atomic E-state index is 11.9. The molecule has 1 fully saturated rings. The Balaban J connectivity index is 1.77. The Bertz CT molecular complexity index is 517. The topological polar surface area (TPSA) is 44.8 Å². The largest absolute Gasteiger partial charge is 0.495 e. The van der Waals surface area contributed by atoms with Gasteiger partial charge in [-0.1, -0.05) is 32.9 Å². The molecule has 0 atom stereocenters. The van der Waals surface area contributed by atoms with Gasteiger partial charge in [-0.15, -0.1) is 0 Å². The lowest BCUT2D eigenvalue weighted by atomic mass is 9.96. The third-order valence-corrected chi connectivity index (χ3v) is 4.19. The van der Waals surface area contributed by atoms with Gasteiger partial charge in [0.25, 0.3) is 0 Å². The molecule has 1 heterocycles. The number of ether oxygens (including phenoxy) is 1. The van der Waals surface area contributed by atoms with E-state index in [-0.39, 0.29) is 11.3 Å². The summed E-state index contributed by atoms with van der Waals surface area (Å²) in [5.41, 5.74) is 0.846. The van der Waals surface area contributed by atoms with Gasteiger partial charge in [-0.05, 0) is 12.1 Å². The molecule has 1 saturated heterocycles. The van der Waals surface area contributed by atoms with Crippen LogP contribution in [0.25, 0.3) is 0 Å². The highest BCUT2D eigenvalue weighted by Gasteiger charge is 2.22. The number of benzene rings is 1. The summed E-state index contributed by atoms with van der Waals surface area (Å²) >= 11 is 0. The van der Waals surface area contributed by atoms with Crippen molar-refractivity contribution in [2.75, 3.05) is 51.3 Å². The lowest BCUT2D eigenvalue weighted by molar-refractivity contribution is -0.128. The van der Waals surface area contributed by atoms with Crippen molar-refractivity contribution < 1.29 is 9.53 Å². The van der Waals surface area contributed by atoms with E-state index in [9.17, 15) is 4.79 Å². The first kappa shape index (κ1) is 17.6. The van der Waals surface area contributed by atoms with Crippen LogP contribution in [0.15, 0.2) is 24.3 Å². The summed E-state index contributed by atoms with van der Waals surface area (Å²) in [4.78, 5) is 16.6. The number of nitrogens with one attached hydrogen (secondary N) is 1. The van der Waals surface area contributed by atoms with Crippen LogP contribution in [0.2, 0.25) is 0 Å². The van der Waals surface area contributed by atoms with Crippen LogP contribution in [0.3, 0.4) is 0 Å². The van der Waals surface area contributed by atoms with E-state index in [1.807, 2.05) is 39.0 Å². The first-order valence-electron chi connectivity index (χ1n) is 8.30. The van der Waals surface area contributed by atoms with Crippen molar-refractivity contribution in [2.45, 2.75) is 20.8 Å². The number of hydrogen-bond donors (Lipinski definition) is 1. The van der Waals surface area contributed by atoms with Gasteiger partial charge in [0.15, 0.2) is 0 Å². The summed E-state index contributed by atoms with van der Waals surface area (Å²) in [5, 5.41) is 3.02. The third kappa shape index (κ3) is 4.86. The maximum absolute atomic E-state index is 11.9. The summed E-state index contributed by atoms with van der Waals surface area (Å²) < 4.78 is 5.45. The summed E-state index contributed by atoms with van der Waals surface area (Å²) in [7, 11) is 1.72. The number of nitrogens with zero attached hydrogens (tertiary/aromatic N) is 2. The molecule has 0 bridgehead atoms. The van der Waals surface area contributed by atoms with Gasteiger partial charge < -0.3 is 15.0 Å². The van der Waals surface area contributed by atoms with E-state index in [1.165, 1.54) is 0 Å². The molecule has 5 heteroatoms. The minimum absolute atomic E-state index is 0.116. The van der Waals surface area contributed by atoms with Gasteiger partial charge in [-0.3, -0.25) is 9.69 Å². The van der Waals surface area contributed by atoms with E-state index in [1.54, 1.807) is 7.11 Å². The summed E-state index contributed by atoms with van der Waals surface area (Å²) in [6.07, 6.45) is 0. The van der Waals surface area contributed by atoms with E-state index < -0.39 is 0 Å². The van der Waals surface area contributed by atoms with E-state index in [2.05, 4.69) is 21.2 Å². The van der Waals surface area contributed by atoms with Gasteiger partial charge in [0.1, 0.15) is 5.75 Å². The number of anilines is 1. The summed E-state index contributed by atoms with van der Waals surface area (Å²) in [6.45, 7) is 11.4. The Kier molecular flexibility index (Phi) is 5.88. The fraction of sp³-hybridized carbons (Fsp3) is 0.611.